The monoisotopic (exact) mass is 368 g/mol. The summed E-state index contributed by atoms with van der Waals surface area (Å²) in [5.41, 5.74) is 4.99. The van der Waals surface area contributed by atoms with Crippen molar-refractivity contribution in [2.75, 3.05) is 13.1 Å². The number of likely N-dealkylation sites (tertiary alicyclic amines) is 1. The van der Waals surface area contributed by atoms with Crippen molar-refractivity contribution in [1.82, 2.24) is 15.0 Å². The van der Waals surface area contributed by atoms with Crippen LogP contribution in [0.3, 0.4) is 0 Å². The zero-order valence-electron chi connectivity index (χ0n) is 14.2. The molecular weight excluding hydrogens is 349 g/mol. The number of benzene rings is 1. The first-order valence-corrected chi connectivity index (χ1v) is 8.33. The summed E-state index contributed by atoms with van der Waals surface area (Å²) in [5.74, 6) is -0.967. The second-order valence-corrected chi connectivity index (χ2v) is 6.35. The molecule has 9 heteroatoms. The molecule has 1 aliphatic rings. The number of amides is 1. The van der Waals surface area contributed by atoms with E-state index in [1.54, 1.807) is 11.8 Å². The summed E-state index contributed by atoms with van der Waals surface area (Å²) >= 11 is 0. The maximum absolute atomic E-state index is 13.1. The van der Waals surface area contributed by atoms with Gasteiger partial charge in [-0.3, -0.25) is 4.79 Å². The Hall–Kier alpha value is -2.42. The van der Waals surface area contributed by atoms with Crippen molar-refractivity contribution in [3.63, 3.8) is 0 Å². The number of carbonyl (C=O) groups is 1. The fourth-order valence-electron chi connectivity index (χ4n) is 2.97. The Bertz CT molecular complexity index is 784. The van der Waals surface area contributed by atoms with Gasteiger partial charge in [-0.15, -0.1) is 0 Å². The van der Waals surface area contributed by atoms with Crippen molar-refractivity contribution < 1.29 is 22.5 Å². The van der Waals surface area contributed by atoms with E-state index in [-0.39, 0.29) is 23.2 Å². The molecule has 2 aromatic rings. The summed E-state index contributed by atoms with van der Waals surface area (Å²) in [6.07, 6.45) is -2.66. The third kappa shape index (κ3) is 3.57. The average Bonchev–Trinajstić information content (AvgIpc) is 3.30. The molecule has 0 radical (unpaired) electrons. The predicted molar refractivity (Wildman–Crippen MR) is 86.9 cm³/mol. The van der Waals surface area contributed by atoms with Gasteiger partial charge in [0, 0.05) is 18.7 Å². The predicted octanol–water partition coefficient (Wildman–Crippen LogP) is 2.81. The molecule has 1 saturated heterocycles. The topological polar surface area (TPSA) is 85.2 Å². The van der Waals surface area contributed by atoms with Crippen molar-refractivity contribution in [3.05, 3.63) is 35.7 Å². The Labute approximate surface area is 148 Å². The van der Waals surface area contributed by atoms with Gasteiger partial charge in [0.05, 0.1) is 17.5 Å². The number of halogens is 3. The van der Waals surface area contributed by atoms with E-state index < -0.39 is 23.7 Å². The first-order chi connectivity index (χ1) is 12.3. The molecule has 2 heterocycles. The number of carbonyl (C=O) groups excluding carboxylic acids is 1. The van der Waals surface area contributed by atoms with Crippen molar-refractivity contribution in [2.24, 2.45) is 5.73 Å². The van der Waals surface area contributed by atoms with Crippen LogP contribution >= 0.6 is 0 Å². The van der Waals surface area contributed by atoms with Gasteiger partial charge < -0.3 is 15.2 Å². The normalized spacial score (nSPS) is 17.3. The summed E-state index contributed by atoms with van der Waals surface area (Å²) in [7, 11) is 0. The highest BCUT2D eigenvalue weighted by Crippen LogP contribution is 2.36. The van der Waals surface area contributed by atoms with Gasteiger partial charge in [0.2, 0.25) is 17.6 Å². The highest BCUT2D eigenvalue weighted by molar-refractivity contribution is 5.82. The van der Waals surface area contributed by atoms with Crippen molar-refractivity contribution in [2.45, 2.75) is 37.9 Å². The van der Waals surface area contributed by atoms with E-state index in [9.17, 15) is 18.0 Å². The Morgan fingerprint density at radius 3 is 2.58 bits per heavy atom. The summed E-state index contributed by atoms with van der Waals surface area (Å²) in [6, 6.07) is 4.10. The van der Waals surface area contributed by atoms with Gasteiger partial charge in [0.1, 0.15) is 0 Å². The molecule has 2 N–H and O–H groups in total. The van der Waals surface area contributed by atoms with Crippen LogP contribution in [-0.2, 0) is 11.0 Å². The van der Waals surface area contributed by atoms with Crippen LogP contribution in [0.4, 0.5) is 13.2 Å². The van der Waals surface area contributed by atoms with Gasteiger partial charge in [0.25, 0.3) is 0 Å². The molecule has 2 atom stereocenters. The van der Waals surface area contributed by atoms with Crippen LogP contribution in [0.5, 0.6) is 0 Å². The number of hydrogen-bond donors (Lipinski definition) is 1. The molecule has 6 nitrogen and oxygen atoms in total. The van der Waals surface area contributed by atoms with Gasteiger partial charge in [-0.1, -0.05) is 30.3 Å². The van der Waals surface area contributed by atoms with Crippen molar-refractivity contribution in [3.8, 4) is 11.4 Å². The first kappa shape index (κ1) is 18.4. The number of hydrogen-bond acceptors (Lipinski definition) is 5. The molecule has 0 saturated carbocycles. The lowest BCUT2D eigenvalue weighted by Crippen LogP contribution is -2.45. The fraction of sp³-hybridized carbons (Fsp3) is 0.471. The second-order valence-electron chi connectivity index (χ2n) is 6.35. The number of alkyl halides is 3. The van der Waals surface area contributed by atoms with E-state index in [2.05, 4.69) is 10.1 Å². The summed E-state index contributed by atoms with van der Waals surface area (Å²) in [6.45, 7) is 2.96. The molecule has 0 aliphatic carbocycles. The largest absolute Gasteiger partial charge is 0.417 e. The number of nitrogens with zero attached hydrogens (tertiary/aromatic N) is 3. The summed E-state index contributed by atoms with van der Waals surface area (Å²) in [5, 5.41) is 3.65. The van der Waals surface area contributed by atoms with Crippen molar-refractivity contribution in [1.29, 1.82) is 0 Å². The molecular formula is C17H19F3N4O2. The van der Waals surface area contributed by atoms with E-state index in [1.807, 2.05) is 0 Å². The Balaban J connectivity index is 1.83. The summed E-state index contributed by atoms with van der Waals surface area (Å²) in [4.78, 5) is 18.1. The molecule has 1 amide bonds. The van der Waals surface area contributed by atoms with Gasteiger partial charge in [-0.25, -0.2) is 0 Å². The lowest BCUT2D eigenvalue weighted by Gasteiger charge is -2.22. The minimum atomic E-state index is -4.54. The Morgan fingerprint density at radius 2 is 1.92 bits per heavy atom. The lowest BCUT2D eigenvalue weighted by molar-refractivity contribution is -0.137. The molecule has 1 aromatic heterocycles. The van der Waals surface area contributed by atoms with Gasteiger partial charge in [-0.05, 0) is 18.9 Å². The molecule has 1 aliphatic heterocycles. The highest BCUT2D eigenvalue weighted by atomic mass is 19.4. The second kappa shape index (κ2) is 7.06. The molecule has 26 heavy (non-hydrogen) atoms. The van der Waals surface area contributed by atoms with Gasteiger partial charge in [0.15, 0.2) is 0 Å². The molecule has 0 bridgehead atoms. The minimum absolute atomic E-state index is 0.0389. The van der Waals surface area contributed by atoms with E-state index >= 15 is 0 Å². The molecule has 140 valence electrons. The van der Waals surface area contributed by atoms with E-state index in [0.717, 1.165) is 18.9 Å². The zero-order chi connectivity index (χ0) is 18.9. The van der Waals surface area contributed by atoms with E-state index in [0.29, 0.717) is 13.1 Å². The molecule has 1 aromatic carbocycles. The van der Waals surface area contributed by atoms with Crippen LogP contribution in [0, 0.1) is 0 Å². The SMILES string of the molecule is C[C@H](c1nc(-c2ccccc2C(F)(F)F)no1)[C@H](N)C(=O)N1CCCC1. The minimum Gasteiger partial charge on any atom is -0.341 e. The van der Waals surface area contributed by atoms with E-state index in [1.165, 1.54) is 18.2 Å². The van der Waals surface area contributed by atoms with Crippen molar-refractivity contribution >= 4 is 5.91 Å². The number of nitrogens with two attached hydrogens (primary N) is 1. The summed E-state index contributed by atoms with van der Waals surface area (Å²) < 4.78 is 44.6. The van der Waals surface area contributed by atoms with E-state index in [4.69, 9.17) is 10.3 Å². The van der Waals surface area contributed by atoms with Crippen LogP contribution in [-0.4, -0.2) is 40.1 Å². The zero-order valence-corrected chi connectivity index (χ0v) is 14.2. The molecule has 0 spiro atoms. The van der Waals surface area contributed by atoms with Gasteiger partial charge in [-0.2, -0.15) is 18.2 Å². The third-order valence-electron chi connectivity index (χ3n) is 4.55. The molecule has 3 rings (SSSR count). The number of rotatable bonds is 4. The van der Waals surface area contributed by atoms with Crippen LogP contribution in [0.15, 0.2) is 28.8 Å². The maximum Gasteiger partial charge on any atom is 0.417 e. The molecule has 1 fully saturated rings. The molecule has 0 unspecified atom stereocenters. The fourth-order valence-corrected chi connectivity index (χ4v) is 2.97. The number of aromatic nitrogens is 2. The smallest absolute Gasteiger partial charge is 0.341 e. The third-order valence-corrected chi connectivity index (χ3v) is 4.55. The Kier molecular flexibility index (Phi) is 4.99. The van der Waals surface area contributed by atoms with Crippen LogP contribution in [0.1, 0.15) is 37.1 Å². The standard InChI is InChI=1S/C17H19F3N4O2/c1-10(13(21)16(25)24-8-4-5-9-24)15-22-14(23-26-15)11-6-2-3-7-12(11)17(18,19)20/h2-3,6-7,10,13H,4-5,8-9,21H2,1H3/t10-,13-/m0/s1. The maximum atomic E-state index is 13.1. The van der Waals surface area contributed by atoms with Gasteiger partial charge >= 0.3 is 6.18 Å². The highest BCUT2D eigenvalue weighted by Gasteiger charge is 2.35. The Morgan fingerprint density at radius 1 is 1.27 bits per heavy atom. The first-order valence-electron chi connectivity index (χ1n) is 8.33. The van der Waals surface area contributed by atoms with Crippen LogP contribution < -0.4 is 5.73 Å². The lowest BCUT2D eigenvalue weighted by atomic mass is 10.0. The quantitative estimate of drug-likeness (QED) is 0.897. The average molecular weight is 368 g/mol. The van der Waals surface area contributed by atoms with Crippen LogP contribution in [0.25, 0.3) is 11.4 Å². The van der Waals surface area contributed by atoms with Crippen LogP contribution in [0.2, 0.25) is 0 Å².